The van der Waals surface area contributed by atoms with Gasteiger partial charge in [0, 0.05) is 6.20 Å². The molecule has 1 atom stereocenters. The number of aliphatic hydroxyl groups excluding tert-OH is 1. The molecule has 1 heterocycles. The van der Waals surface area contributed by atoms with Crippen LogP contribution in [0, 0.1) is 0 Å². The molecule has 0 radical (unpaired) electrons. The fourth-order valence-electron chi connectivity index (χ4n) is 0.393. The summed E-state index contributed by atoms with van der Waals surface area (Å²) in [5.41, 5.74) is 5.19. The highest BCUT2D eigenvalue weighted by Gasteiger charge is 2.01. The minimum Gasteiger partial charge on any atom is -0.479 e. The molecule has 7 nitrogen and oxygen atoms in total. The second-order valence-electron chi connectivity index (χ2n) is 2.35. The van der Waals surface area contributed by atoms with Crippen LogP contribution in [-0.2, 0) is 4.79 Å². The summed E-state index contributed by atoms with van der Waals surface area (Å²) in [5.74, 6) is -1.67. The smallest absolute Gasteiger partial charge is 0.332 e. The van der Waals surface area contributed by atoms with E-state index in [1.807, 2.05) is 0 Å². The van der Waals surface area contributed by atoms with Crippen molar-refractivity contribution in [1.82, 2.24) is 10.2 Å². The number of aromatic nitrogens is 2. The van der Waals surface area contributed by atoms with E-state index in [1.165, 1.54) is 19.2 Å². The van der Waals surface area contributed by atoms with Gasteiger partial charge in [0.2, 0.25) is 0 Å². The van der Waals surface area contributed by atoms with Crippen LogP contribution < -0.4 is 5.73 Å². The number of aliphatic hydroxyl groups is 1. The molecule has 0 aliphatic rings. The van der Waals surface area contributed by atoms with Crippen molar-refractivity contribution in [1.29, 1.82) is 0 Å². The van der Waals surface area contributed by atoms with Crippen molar-refractivity contribution in [2.45, 2.75) is 13.0 Å². The van der Waals surface area contributed by atoms with Crippen LogP contribution in [0.2, 0.25) is 0 Å². The van der Waals surface area contributed by atoms with Gasteiger partial charge in [-0.2, -0.15) is 5.10 Å². The number of hydrogen-bond acceptors (Lipinski definition) is 4. The number of aliphatic carboxylic acids is 1. The summed E-state index contributed by atoms with van der Waals surface area (Å²) < 4.78 is 0. The van der Waals surface area contributed by atoms with Crippen LogP contribution in [0.15, 0.2) is 12.3 Å². The summed E-state index contributed by atoms with van der Waals surface area (Å²) in [5, 5.41) is 21.7. The Kier molecular flexibility index (Phi) is 4.93. The summed E-state index contributed by atoms with van der Waals surface area (Å²) >= 11 is 0. The van der Waals surface area contributed by atoms with Crippen molar-refractivity contribution in [3.8, 4) is 0 Å². The van der Waals surface area contributed by atoms with Crippen molar-refractivity contribution in [2.24, 2.45) is 5.73 Å². The quantitative estimate of drug-likeness (QED) is 0.485. The number of rotatable bonds is 2. The van der Waals surface area contributed by atoms with Gasteiger partial charge < -0.3 is 15.9 Å². The summed E-state index contributed by atoms with van der Waals surface area (Å²) in [6.07, 6.45) is 0.241. The van der Waals surface area contributed by atoms with Gasteiger partial charge in [-0.25, -0.2) is 4.79 Å². The van der Waals surface area contributed by atoms with Crippen molar-refractivity contribution < 1.29 is 19.8 Å². The van der Waals surface area contributed by atoms with Gasteiger partial charge in [0.25, 0.3) is 5.91 Å². The Morgan fingerprint density at radius 3 is 2.29 bits per heavy atom. The number of carbonyl (C=O) groups is 2. The van der Waals surface area contributed by atoms with Crippen LogP contribution >= 0.6 is 0 Å². The summed E-state index contributed by atoms with van der Waals surface area (Å²) in [4.78, 5) is 19.7. The van der Waals surface area contributed by atoms with E-state index in [-0.39, 0.29) is 0 Å². The molecular formula is C7H11N3O4. The lowest BCUT2D eigenvalue weighted by Gasteiger charge is -1.89. The molecule has 1 rings (SSSR count). The number of nitrogens with one attached hydrogen (secondary N) is 1. The molecule has 0 spiro atoms. The van der Waals surface area contributed by atoms with Crippen LogP contribution in [0.5, 0.6) is 0 Å². The number of carboxylic acid groups (broad SMARTS) is 1. The second-order valence-corrected chi connectivity index (χ2v) is 2.35. The van der Waals surface area contributed by atoms with Gasteiger partial charge >= 0.3 is 5.97 Å². The Morgan fingerprint density at radius 2 is 2.14 bits per heavy atom. The average molecular weight is 201 g/mol. The Bertz CT molecular complexity index is 294. The number of nitrogens with two attached hydrogens (primary N) is 1. The van der Waals surface area contributed by atoms with E-state index in [9.17, 15) is 9.59 Å². The van der Waals surface area contributed by atoms with Gasteiger partial charge in [-0.05, 0) is 13.0 Å². The Hall–Kier alpha value is -1.89. The lowest BCUT2D eigenvalue weighted by atomic mass is 10.4. The van der Waals surface area contributed by atoms with E-state index in [0.29, 0.717) is 5.69 Å². The van der Waals surface area contributed by atoms with Gasteiger partial charge in [-0.15, -0.1) is 0 Å². The standard InChI is InChI=1S/C4H5N3O.C3H6O3/c5-4(8)3-1-2-6-7-3;1-2(4)3(5)6/h1-2H,(H2,5,8)(H,6,7);2,4H,1H3,(H,5,6). The summed E-state index contributed by atoms with van der Waals surface area (Å²) in [6, 6.07) is 1.52. The maximum absolute atomic E-state index is 10.2. The molecule has 0 saturated heterocycles. The van der Waals surface area contributed by atoms with Crippen LogP contribution in [-0.4, -0.2) is 38.4 Å². The molecule has 1 aromatic rings. The molecule has 0 fully saturated rings. The Labute approximate surface area is 79.5 Å². The first-order chi connectivity index (χ1) is 6.45. The highest BCUT2D eigenvalue weighted by Crippen LogP contribution is 1.86. The van der Waals surface area contributed by atoms with E-state index in [1.54, 1.807) is 0 Å². The normalized spacial score (nSPS) is 11.0. The maximum Gasteiger partial charge on any atom is 0.332 e. The lowest BCUT2D eigenvalue weighted by molar-refractivity contribution is -0.145. The molecule has 1 unspecified atom stereocenters. The fraction of sp³-hybridized carbons (Fsp3) is 0.286. The van der Waals surface area contributed by atoms with Gasteiger partial charge in [0.15, 0.2) is 0 Å². The van der Waals surface area contributed by atoms with Crippen molar-refractivity contribution in [2.75, 3.05) is 0 Å². The molecular weight excluding hydrogens is 190 g/mol. The van der Waals surface area contributed by atoms with E-state index < -0.39 is 18.0 Å². The minimum atomic E-state index is -1.23. The van der Waals surface area contributed by atoms with Crippen molar-refractivity contribution in [3.05, 3.63) is 18.0 Å². The number of amides is 1. The van der Waals surface area contributed by atoms with E-state index in [0.717, 1.165) is 0 Å². The zero-order valence-electron chi connectivity index (χ0n) is 7.47. The molecule has 0 aliphatic carbocycles. The third kappa shape index (κ3) is 4.88. The lowest BCUT2D eigenvalue weighted by Crippen LogP contribution is -2.13. The van der Waals surface area contributed by atoms with Gasteiger partial charge in [-0.3, -0.25) is 9.89 Å². The molecule has 7 heteroatoms. The van der Waals surface area contributed by atoms with Crippen molar-refractivity contribution >= 4 is 11.9 Å². The van der Waals surface area contributed by atoms with E-state index in [2.05, 4.69) is 10.2 Å². The molecule has 1 amide bonds. The summed E-state index contributed by atoms with van der Waals surface area (Å²) in [7, 11) is 0. The van der Waals surface area contributed by atoms with Crippen LogP contribution in [0.4, 0.5) is 0 Å². The van der Waals surface area contributed by atoms with Crippen LogP contribution in [0.3, 0.4) is 0 Å². The minimum absolute atomic E-state index is 0.338. The first-order valence-corrected chi connectivity index (χ1v) is 3.65. The zero-order chi connectivity index (χ0) is 11.1. The van der Waals surface area contributed by atoms with E-state index >= 15 is 0 Å². The van der Waals surface area contributed by atoms with Gasteiger partial charge in [0.1, 0.15) is 11.8 Å². The highest BCUT2D eigenvalue weighted by atomic mass is 16.4. The average Bonchev–Trinajstić information content (AvgIpc) is 2.56. The molecule has 5 N–H and O–H groups in total. The zero-order valence-corrected chi connectivity index (χ0v) is 7.47. The molecule has 14 heavy (non-hydrogen) atoms. The molecule has 1 aromatic heterocycles. The van der Waals surface area contributed by atoms with Gasteiger partial charge in [0.05, 0.1) is 0 Å². The predicted molar refractivity (Wildman–Crippen MR) is 46.4 cm³/mol. The Morgan fingerprint density at radius 1 is 1.64 bits per heavy atom. The monoisotopic (exact) mass is 201 g/mol. The Balaban J connectivity index is 0.000000255. The molecule has 0 aromatic carbocycles. The maximum atomic E-state index is 10.2. The van der Waals surface area contributed by atoms with Crippen LogP contribution in [0.1, 0.15) is 17.4 Å². The number of hydrogen-bond donors (Lipinski definition) is 4. The largest absolute Gasteiger partial charge is 0.479 e. The third-order valence-corrected chi connectivity index (χ3v) is 1.12. The van der Waals surface area contributed by atoms with Gasteiger partial charge in [-0.1, -0.05) is 0 Å². The first-order valence-electron chi connectivity index (χ1n) is 3.65. The predicted octanol–water partition coefficient (Wildman–Crippen LogP) is -1.04. The number of primary amides is 1. The highest BCUT2D eigenvalue weighted by molar-refractivity contribution is 5.90. The van der Waals surface area contributed by atoms with Crippen molar-refractivity contribution in [3.63, 3.8) is 0 Å². The second kappa shape index (κ2) is 5.70. The van der Waals surface area contributed by atoms with Crippen LogP contribution in [0.25, 0.3) is 0 Å². The number of carboxylic acids is 1. The molecule has 0 aliphatic heterocycles. The number of carbonyl (C=O) groups excluding carboxylic acids is 1. The topological polar surface area (TPSA) is 129 Å². The van der Waals surface area contributed by atoms with E-state index in [4.69, 9.17) is 15.9 Å². The number of nitrogens with zero attached hydrogens (tertiary/aromatic N) is 1. The fourth-order valence-corrected chi connectivity index (χ4v) is 0.393. The first kappa shape index (κ1) is 12.1. The number of H-pyrrole nitrogens is 1. The molecule has 78 valence electrons. The molecule has 0 saturated carbocycles. The SMILES string of the molecule is CC(O)C(=O)O.NC(=O)c1ccn[nH]1. The molecule has 0 bridgehead atoms. The number of aromatic amines is 1. The third-order valence-electron chi connectivity index (χ3n) is 1.12. The summed E-state index contributed by atoms with van der Waals surface area (Å²) in [6.45, 7) is 1.20.